The molecule has 6 nitrogen and oxygen atoms in total. The normalized spacial score (nSPS) is 12.9. The molecule has 1 aliphatic rings. The molecule has 1 heterocycles. The van der Waals surface area contributed by atoms with Gasteiger partial charge in [0.25, 0.3) is 11.8 Å². The molecular weight excluding hydrogens is 354 g/mol. The second kappa shape index (κ2) is 8.01. The molecule has 0 radical (unpaired) electrons. The molecular formula is C19H18ClN3O3. The Labute approximate surface area is 156 Å². The number of rotatable bonds is 6. The molecule has 0 spiro atoms. The predicted octanol–water partition coefficient (Wildman–Crippen LogP) is 2.83. The average Bonchev–Trinajstić information content (AvgIpc) is 2.88. The van der Waals surface area contributed by atoms with Gasteiger partial charge < -0.3 is 10.6 Å². The van der Waals surface area contributed by atoms with Crippen LogP contribution in [-0.2, 0) is 6.54 Å². The van der Waals surface area contributed by atoms with E-state index in [1.165, 1.54) is 4.90 Å². The van der Waals surface area contributed by atoms with Crippen LogP contribution in [0.25, 0.3) is 0 Å². The van der Waals surface area contributed by atoms with Crippen LogP contribution in [0.4, 0.5) is 4.79 Å². The van der Waals surface area contributed by atoms with E-state index < -0.39 is 0 Å². The molecule has 0 bridgehead atoms. The molecule has 1 aliphatic heterocycles. The van der Waals surface area contributed by atoms with Crippen LogP contribution in [0.15, 0.2) is 48.5 Å². The molecule has 2 aromatic carbocycles. The van der Waals surface area contributed by atoms with Gasteiger partial charge in [-0.2, -0.15) is 0 Å². The lowest BCUT2D eigenvalue weighted by Crippen LogP contribution is -2.37. The van der Waals surface area contributed by atoms with Crippen molar-refractivity contribution in [1.82, 2.24) is 15.5 Å². The van der Waals surface area contributed by atoms with Crippen molar-refractivity contribution in [2.75, 3.05) is 13.1 Å². The number of nitrogens with one attached hydrogen (secondary N) is 2. The first kappa shape index (κ1) is 17.9. The van der Waals surface area contributed by atoms with Gasteiger partial charge in [0, 0.05) is 24.7 Å². The van der Waals surface area contributed by atoms with E-state index in [1.54, 1.807) is 36.4 Å². The fourth-order valence-electron chi connectivity index (χ4n) is 2.77. The van der Waals surface area contributed by atoms with E-state index in [-0.39, 0.29) is 24.4 Å². The van der Waals surface area contributed by atoms with Crippen molar-refractivity contribution in [1.29, 1.82) is 0 Å². The van der Waals surface area contributed by atoms with Gasteiger partial charge in [0.2, 0.25) is 0 Å². The Bertz CT molecular complexity index is 818. The minimum atomic E-state index is -0.313. The lowest BCUT2D eigenvalue weighted by atomic mass is 10.1. The standard InChI is InChI=1S/C19H18ClN3O3/c20-14-6-3-5-13(11-14)12-22-19(26)21-9-4-10-23-17(24)15-7-1-2-8-16(15)18(23)25/h1-3,5-8,11H,4,9-10,12H2,(H2,21,22,26). The molecule has 0 saturated heterocycles. The van der Waals surface area contributed by atoms with E-state index in [1.807, 2.05) is 12.1 Å². The van der Waals surface area contributed by atoms with Crippen LogP contribution in [0.3, 0.4) is 0 Å². The number of halogens is 1. The molecule has 2 aromatic rings. The second-order valence-electron chi connectivity index (χ2n) is 5.90. The third-order valence-electron chi connectivity index (χ3n) is 4.06. The largest absolute Gasteiger partial charge is 0.338 e. The minimum absolute atomic E-state index is 0.265. The van der Waals surface area contributed by atoms with Crippen molar-refractivity contribution in [2.45, 2.75) is 13.0 Å². The Morgan fingerprint density at radius 3 is 2.31 bits per heavy atom. The van der Waals surface area contributed by atoms with Crippen molar-refractivity contribution >= 4 is 29.4 Å². The Morgan fingerprint density at radius 1 is 0.962 bits per heavy atom. The monoisotopic (exact) mass is 371 g/mol. The molecule has 7 heteroatoms. The van der Waals surface area contributed by atoms with Gasteiger partial charge in [-0.25, -0.2) is 4.79 Å². The van der Waals surface area contributed by atoms with Gasteiger partial charge in [0.15, 0.2) is 0 Å². The fourth-order valence-corrected chi connectivity index (χ4v) is 2.99. The maximum atomic E-state index is 12.2. The highest BCUT2D eigenvalue weighted by Gasteiger charge is 2.34. The van der Waals surface area contributed by atoms with Crippen molar-refractivity contribution in [3.05, 3.63) is 70.2 Å². The highest BCUT2D eigenvalue weighted by atomic mass is 35.5. The third-order valence-corrected chi connectivity index (χ3v) is 4.30. The molecule has 0 aromatic heterocycles. The number of benzene rings is 2. The molecule has 0 saturated carbocycles. The number of fused-ring (bicyclic) bond motifs is 1. The first-order valence-corrected chi connectivity index (χ1v) is 8.65. The molecule has 3 rings (SSSR count). The topological polar surface area (TPSA) is 78.5 Å². The van der Waals surface area contributed by atoms with Crippen molar-refractivity contribution in [3.63, 3.8) is 0 Å². The number of amides is 4. The number of imide groups is 1. The summed E-state index contributed by atoms with van der Waals surface area (Å²) < 4.78 is 0. The highest BCUT2D eigenvalue weighted by Crippen LogP contribution is 2.22. The summed E-state index contributed by atoms with van der Waals surface area (Å²) in [4.78, 5) is 37.5. The second-order valence-corrected chi connectivity index (χ2v) is 6.34. The summed E-state index contributed by atoms with van der Waals surface area (Å²) in [6.45, 7) is 0.987. The zero-order valence-corrected chi connectivity index (χ0v) is 14.8. The lowest BCUT2D eigenvalue weighted by Gasteiger charge is -2.14. The molecule has 0 atom stereocenters. The average molecular weight is 372 g/mol. The van der Waals surface area contributed by atoms with E-state index in [0.717, 1.165) is 5.56 Å². The van der Waals surface area contributed by atoms with Gasteiger partial charge in [-0.3, -0.25) is 14.5 Å². The smallest absolute Gasteiger partial charge is 0.315 e. The summed E-state index contributed by atoms with van der Waals surface area (Å²) in [6.07, 6.45) is 0.482. The van der Waals surface area contributed by atoms with Crippen molar-refractivity contribution < 1.29 is 14.4 Å². The van der Waals surface area contributed by atoms with Crippen LogP contribution in [0, 0.1) is 0 Å². The summed E-state index contributed by atoms with van der Waals surface area (Å²) in [5, 5.41) is 6.06. The van der Waals surface area contributed by atoms with Crippen molar-refractivity contribution in [2.24, 2.45) is 0 Å². The first-order valence-electron chi connectivity index (χ1n) is 8.27. The number of urea groups is 1. The van der Waals surface area contributed by atoms with Crippen LogP contribution in [0.2, 0.25) is 5.02 Å². The van der Waals surface area contributed by atoms with Crippen LogP contribution in [0.1, 0.15) is 32.7 Å². The summed E-state index contributed by atoms with van der Waals surface area (Å²) in [5.74, 6) is -0.563. The van der Waals surface area contributed by atoms with Gasteiger partial charge in [-0.15, -0.1) is 0 Å². The van der Waals surface area contributed by atoms with E-state index >= 15 is 0 Å². The third kappa shape index (κ3) is 4.03. The van der Waals surface area contributed by atoms with E-state index in [0.29, 0.717) is 35.7 Å². The van der Waals surface area contributed by atoms with Crippen LogP contribution < -0.4 is 10.6 Å². The molecule has 26 heavy (non-hydrogen) atoms. The van der Waals surface area contributed by atoms with Gasteiger partial charge in [-0.1, -0.05) is 35.9 Å². The van der Waals surface area contributed by atoms with E-state index in [4.69, 9.17) is 11.6 Å². The maximum Gasteiger partial charge on any atom is 0.315 e. The number of hydrogen-bond acceptors (Lipinski definition) is 3. The highest BCUT2D eigenvalue weighted by molar-refractivity contribution is 6.30. The van der Waals surface area contributed by atoms with Crippen molar-refractivity contribution in [3.8, 4) is 0 Å². The Morgan fingerprint density at radius 2 is 1.65 bits per heavy atom. The van der Waals surface area contributed by atoms with Crippen LogP contribution in [-0.4, -0.2) is 35.8 Å². The minimum Gasteiger partial charge on any atom is -0.338 e. The number of hydrogen-bond donors (Lipinski definition) is 2. The number of carbonyl (C=O) groups is 3. The fraction of sp³-hybridized carbons (Fsp3) is 0.211. The Kier molecular flexibility index (Phi) is 5.53. The van der Waals surface area contributed by atoms with Gasteiger partial charge in [-0.05, 0) is 36.2 Å². The summed E-state index contributed by atoms with van der Waals surface area (Å²) >= 11 is 5.89. The molecule has 134 valence electrons. The zero-order valence-electron chi connectivity index (χ0n) is 14.0. The quantitative estimate of drug-likeness (QED) is 0.605. The predicted molar refractivity (Wildman–Crippen MR) is 98.1 cm³/mol. The van der Waals surface area contributed by atoms with Gasteiger partial charge in [0.1, 0.15) is 0 Å². The molecule has 2 N–H and O–H groups in total. The van der Waals surface area contributed by atoms with Crippen LogP contribution in [0.5, 0.6) is 0 Å². The first-order chi connectivity index (χ1) is 12.6. The van der Waals surface area contributed by atoms with Gasteiger partial charge in [0.05, 0.1) is 11.1 Å². The molecule has 4 amide bonds. The molecule has 0 fully saturated rings. The van der Waals surface area contributed by atoms with Crippen LogP contribution >= 0.6 is 11.6 Å². The Balaban J connectivity index is 1.40. The number of nitrogens with zero attached hydrogens (tertiary/aromatic N) is 1. The summed E-state index contributed by atoms with van der Waals surface area (Å²) in [7, 11) is 0. The lowest BCUT2D eigenvalue weighted by molar-refractivity contribution is 0.0653. The maximum absolute atomic E-state index is 12.2. The van der Waals surface area contributed by atoms with E-state index in [2.05, 4.69) is 10.6 Å². The summed E-state index contributed by atoms with van der Waals surface area (Å²) in [6, 6.07) is 13.7. The van der Waals surface area contributed by atoms with Gasteiger partial charge >= 0.3 is 6.03 Å². The Hall–Kier alpha value is -2.86. The SMILES string of the molecule is O=C(NCCCN1C(=O)c2ccccc2C1=O)NCc1cccc(Cl)c1. The molecule has 0 unspecified atom stereocenters. The number of carbonyl (C=O) groups excluding carboxylic acids is 3. The zero-order chi connectivity index (χ0) is 18.5. The molecule has 0 aliphatic carbocycles. The van der Waals surface area contributed by atoms with E-state index in [9.17, 15) is 14.4 Å². The summed E-state index contributed by atoms with van der Waals surface area (Å²) in [5.41, 5.74) is 1.77.